The summed E-state index contributed by atoms with van der Waals surface area (Å²) in [7, 11) is 0. The van der Waals surface area contributed by atoms with Gasteiger partial charge in [0, 0.05) is 18.6 Å². The minimum atomic E-state index is 0.141. The predicted octanol–water partition coefficient (Wildman–Crippen LogP) is 0.477. The van der Waals surface area contributed by atoms with Crippen molar-refractivity contribution in [3.8, 4) is 0 Å². The van der Waals surface area contributed by atoms with Crippen LogP contribution in [0.2, 0.25) is 0 Å². The van der Waals surface area contributed by atoms with Crippen LogP contribution in [0.3, 0.4) is 0 Å². The third-order valence-electron chi connectivity index (χ3n) is 3.01. The summed E-state index contributed by atoms with van der Waals surface area (Å²) in [5.74, 6) is 0. The van der Waals surface area contributed by atoms with Crippen LogP contribution in [0.4, 0.5) is 0 Å². The highest BCUT2D eigenvalue weighted by Gasteiger charge is 2.47. The van der Waals surface area contributed by atoms with Crippen LogP contribution in [0.25, 0.3) is 0 Å². The van der Waals surface area contributed by atoms with Gasteiger partial charge in [-0.2, -0.15) is 0 Å². The maximum absolute atomic E-state index is 6.04. The molecule has 0 amide bonds. The molecule has 0 aromatic carbocycles. The maximum Gasteiger partial charge on any atom is 0.0132 e. The van der Waals surface area contributed by atoms with Gasteiger partial charge in [0.1, 0.15) is 0 Å². The molecular formula is C8H16N2. The second kappa shape index (κ2) is 1.74. The SMILES string of the molecule is CC1(N)CCC2(CNC2)C1. The third kappa shape index (κ3) is 0.867. The van der Waals surface area contributed by atoms with Gasteiger partial charge in [0.05, 0.1) is 0 Å². The largest absolute Gasteiger partial charge is 0.325 e. The molecule has 1 unspecified atom stereocenters. The first-order valence-electron chi connectivity index (χ1n) is 4.12. The molecule has 0 bridgehead atoms. The molecule has 1 atom stereocenters. The van der Waals surface area contributed by atoms with E-state index in [1.165, 1.54) is 32.4 Å². The van der Waals surface area contributed by atoms with Crippen molar-refractivity contribution in [1.82, 2.24) is 5.32 Å². The van der Waals surface area contributed by atoms with Gasteiger partial charge in [-0.15, -0.1) is 0 Å². The fourth-order valence-electron chi connectivity index (χ4n) is 2.36. The molecule has 2 heteroatoms. The minimum Gasteiger partial charge on any atom is -0.325 e. The summed E-state index contributed by atoms with van der Waals surface area (Å²) in [5.41, 5.74) is 6.79. The first-order chi connectivity index (χ1) is 4.62. The Balaban J connectivity index is 2.05. The number of rotatable bonds is 0. The molecule has 1 saturated carbocycles. The maximum atomic E-state index is 6.04. The Bertz CT molecular complexity index is 147. The molecule has 2 nitrogen and oxygen atoms in total. The van der Waals surface area contributed by atoms with E-state index >= 15 is 0 Å². The third-order valence-corrected chi connectivity index (χ3v) is 3.01. The van der Waals surface area contributed by atoms with Crippen LogP contribution in [0.1, 0.15) is 26.2 Å². The van der Waals surface area contributed by atoms with Gasteiger partial charge in [0.15, 0.2) is 0 Å². The summed E-state index contributed by atoms with van der Waals surface area (Å²) in [5, 5.41) is 3.33. The summed E-state index contributed by atoms with van der Waals surface area (Å²) in [4.78, 5) is 0. The van der Waals surface area contributed by atoms with Crippen molar-refractivity contribution in [3.63, 3.8) is 0 Å². The van der Waals surface area contributed by atoms with E-state index in [4.69, 9.17) is 5.73 Å². The van der Waals surface area contributed by atoms with Gasteiger partial charge in [-0.05, 0) is 31.6 Å². The lowest BCUT2D eigenvalue weighted by atomic mass is 9.79. The molecule has 0 aromatic rings. The van der Waals surface area contributed by atoms with Crippen LogP contribution >= 0.6 is 0 Å². The van der Waals surface area contributed by atoms with Crippen LogP contribution in [-0.2, 0) is 0 Å². The molecular weight excluding hydrogens is 124 g/mol. The highest BCUT2D eigenvalue weighted by molar-refractivity contribution is 5.04. The molecule has 1 aliphatic carbocycles. The summed E-state index contributed by atoms with van der Waals surface area (Å²) in [6.07, 6.45) is 3.79. The van der Waals surface area contributed by atoms with Gasteiger partial charge in [-0.25, -0.2) is 0 Å². The van der Waals surface area contributed by atoms with Gasteiger partial charge < -0.3 is 11.1 Å². The lowest BCUT2D eigenvalue weighted by molar-refractivity contribution is 0.167. The Hall–Kier alpha value is -0.0800. The zero-order chi connectivity index (χ0) is 7.24. The monoisotopic (exact) mass is 140 g/mol. The fraction of sp³-hybridized carbons (Fsp3) is 1.00. The Morgan fingerprint density at radius 2 is 2.00 bits per heavy atom. The van der Waals surface area contributed by atoms with Crippen molar-refractivity contribution >= 4 is 0 Å². The van der Waals surface area contributed by atoms with E-state index in [1.807, 2.05) is 0 Å². The van der Waals surface area contributed by atoms with Crippen LogP contribution in [0.5, 0.6) is 0 Å². The van der Waals surface area contributed by atoms with Gasteiger partial charge in [-0.1, -0.05) is 0 Å². The van der Waals surface area contributed by atoms with Crippen molar-refractivity contribution in [3.05, 3.63) is 0 Å². The number of nitrogens with one attached hydrogen (secondary N) is 1. The molecule has 2 rings (SSSR count). The Kier molecular flexibility index (Phi) is 1.15. The van der Waals surface area contributed by atoms with Gasteiger partial charge in [-0.3, -0.25) is 0 Å². The van der Waals surface area contributed by atoms with Crippen molar-refractivity contribution in [1.29, 1.82) is 0 Å². The van der Waals surface area contributed by atoms with E-state index in [0.29, 0.717) is 5.41 Å². The Labute approximate surface area is 62.2 Å². The Morgan fingerprint density at radius 1 is 1.30 bits per heavy atom. The van der Waals surface area contributed by atoms with Gasteiger partial charge >= 0.3 is 0 Å². The molecule has 58 valence electrons. The average molecular weight is 140 g/mol. The second-order valence-corrected chi connectivity index (χ2v) is 4.43. The molecule has 1 spiro atoms. The van der Waals surface area contributed by atoms with Crippen molar-refractivity contribution in [2.45, 2.75) is 31.7 Å². The van der Waals surface area contributed by atoms with Crippen molar-refractivity contribution in [2.75, 3.05) is 13.1 Å². The quantitative estimate of drug-likeness (QED) is 0.513. The van der Waals surface area contributed by atoms with Gasteiger partial charge in [0.25, 0.3) is 0 Å². The summed E-state index contributed by atoms with van der Waals surface area (Å²) >= 11 is 0. The van der Waals surface area contributed by atoms with Crippen LogP contribution in [-0.4, -0.2) is 18.6 Å². The zero-order valence-electron chi connectivity index (χ0n) is 6.61. The molecule has 1 saturated heterocycles. The fourth-order valence-corrected chi connectivity index (χ4v) is 2.36. The van der Waals surface area contributed by atoms with Gasteiger partial charge in [0.2, 0.25) is 0 Å². The molecule has 2 aliphatic rings. The number of hydrogen-bond acceptors (Lipinski definition) is 2. The molecule has 3 N–H and O–H groups in total. The molecule has 10 heavy (non-hydrogen) atoms. The van der Waals surface area contributed by atoms with Crippen LogP contribution in [0.15, 0.2) is 0 Å². The van der Waals surface area contributed by atoms with E-state index < -0.39 is 0 Å². The molecule has 0 radical (unpaired) electrons. The first-order valence-corrected chi connectivity index (χ1v) is 4.12. The lowest BCUT2D eigenvalue weighted by Gasteiger charge is -2.40. The summed E-state index contributed by atoms with van der Waals surface area (Å²) < 4.78 is 0. The molecule has 0 aromatic heterocycles. The van der Waals surface area contributed by atoms with E-state index in [-0.39, 0.29) is 5.54 Å². The van der Waals surface area contributed by atoms with Crippen molar-refractivity contribution in [2.24, 2.45) is 11.1 Å². The average Bonchev–Trinajstić information content (AvgIpc) is 2.04. The first kappa shape index (κ1) is 6.62. The second-order valence-electron chi connectivity index (χ2n) is 4.43. The zero-order valence-corrected chi connectivity index (χ0v) is 6.61. The smallest absolute Gasteiger partial charge is 0.0132 e. The summed E-state index contributed by atoms with van der Waals surface area (Å²) in [6.45, 7) is 4.60. The van der Waals surface area contributed by atoms with Crippen molar-refractivity contribution < 1.29 is 0 Å². The number of hydrogen-bond donors (Lipinski definition) is 2. The normalized spacial score (nSPS) is 43.8. The number of nitrogens with two attached hydrogens (primary N) is 1. The van der Waals surface area contributed by atoms with E-state index in [0.717, 1.165) is 0 Å². The van der Waals surface area contributed by atoms with Crippen LogP contribution in [0, 0.1) is 5.41 Å². The van der Waals surface area contributed by atoms with Crippen LogP contribution < -0.4 is 11.1 Å². The molecule has 1 heterocycles. The standard InChI is InChI=1S/C8H16N2/c1-7(9)2-3-8(4-7)5-10-6-8/h10H,2-6,9H2,1H3. The van der Waals surface area contributed by atoms with E-state index in [9.17, 15) is 0 Å². The summed E-state index contributed by atoms with van der Waals surface area (Å²) in [6, 6.07) is 0. The Morgan fingerprint density at radius 3 is 2.20 bits per heavy atom. The molecule has 2 fully saturated rings. The highest BCUT2D eigenvalue weighted by Crippen LogP contribution is 2.45. The highest BCUT2D eigenvalue weighted by atomic mass is 15.0. The predicted molar refractivity (Wildman–Crippen MR) is 41.7 cm³/mol. The lowest BCUT2D eigenvalue weighted by Crippen LogP contribution is -2.53. The minimum absolute atomic E-state index is 0.141. The van der Waals surface area contributed by atoms with E-state index in [2.05, 4.69) is 12.2 Å². The van der Waals surface area contributed by atoms with E-state index in [1.54, 1.807) is 0 Å². The topological polar surface area (TPSA) is 38.0 Å². The molecule has 1 aliphatic heterocycles.